The van der Waals surface area contributed by atoms with Crippen molar-refractivity contribution >= 4 is 23.4 Å². The molecule has 0 fully saturated rings. The average molecular weight is 499 g/mol. The summed E-state index contributed by atoms with van der Waals surface area (Å²) in [5.41, 5.74) is 2.74. The van der Waals surface area contributed by atoms with E-state index in [9.17, 15) is 4.79 Å². The Bertz CT molecular complexity index is 1350. The highest BCUT2D eigenvalue weighted by Gasteiger charge is 2.31. The highest BCUT2D eigenvalue weighted by Crippen LogP contribution is 2.39. The van der Waals surface area contributed by atoms with Crippen molar-refractivity contribution in [2.45, 2.75) is 30.0 Å². The molecule has 2 atom stereocenters. The molecule has 3 aromatic carbocycles. The molecular weight excluding hydrogens is 472 g/mol. The minimum Gasteiger partial charge on any atom is -0.485 e. The van der Waals surface area contributed by atoms with Crippen LogP contribution in [-0.4, -0.2) is 27.3 Å². The molecule has 4 aromatic rings. The van der Waals surface area contributed by atoms with E-state index in [1.165, 1.54) is 11.8 Å². The molecule has 0 saturated heterocycles. The zero-order valence-corrected chi connectivity index (χ0v) is 20.7. The van der Waals surface area contributed by atoms with E-state index >= 15 is 0 Å². The summed E-state index contributed by atoms with van der Waals surface area (Å²) in [6, 6.07) is 24.9. The molecule has 1 aliphatic heterocycles. The molecule has 2 unspecified atom stereocenters. The Morgan fingerprint density at radius 3 is 2.56 bits per heavy atom. The number of anilines is 1. The summed E-state index contributed by atoms with van der Waals surface area (Å²) in [4.78, 5) is 13.5. The first-order valence-corrected chi connectivity index (χ1v) is 12.5. The van der Waals surface area contributed by atoms with Crippen molar-refractivity contribution in [1.29, 1.82) is 0 Å². The normalized spacial score (nSPS) is 15.2. The van der Waals surface area contributed by atoms with Crippen LogP contribution in [-0.2, 0) is 11.3 Å². The number of carbonyl (C=O) groups excluding carboxylic acids is 1. The van der Waals surface area contributed by atoms with Crippen LogP contribution in [0, 0.1) is 6.92 Å². The predicted octanol–water partition coefficient (Wildman–Crippen LogP) is 5.76. The zero-order valence-electron chi connectivity index (χ0n) is 19.8. The predicted molar refractivity (Wildman–Crippen MR) is 140 cm³/mol. The first-order valence-electron chi connectivity index (χ1n) is 11.6. The Labute approximate surface area is 214 Å². The van der Waals surface area contributed by atoms with Gasteiger partial charge in [0.15, 0.2) is 28.6 Å². The van der Waals surface area contributed by atoms with E-state index in [-0.39, 0.29) is 5.91 Å². The number of aryl methyl sites for hydroxylation is 1. The molecule has 8 heteroatoms. The first kappa shape index (κ1) is 23.7. The van der Waals surface area contributed by atoms with E-state index < -0.39 is 11.4 Å². The van der Waals surface area contributed by atoms with Gasteiger partial charge in [0, 0.05) is 12.2 Å². The summed E-state index contributed by atoms with van der Waals surface area (Å²) in [5.74, 6) is 1.85. The topological polar surface area (TPSA) is 78.3 Å². The molecule has 0 spiro atoms. The third-order valence-corrected chi connectivity index (χ3v) is 6.97. The molecule has 1 aliphatic rings. The van der Waals surface area contributed by atoms with E-state index in [2.05, 4.69) is 22.1 Å². The SMILES string of the molecule is C=CCn1c(SC(C(=O)Nc2ccc(C)cc2)c2ccccc2)nnc1C1COc2ccccc2O1. The van der Waals surface area contributed by atoms with Crippen molar-refractivity contribution in [3.8, 4) is 11.5 Å². The third kappa shape index (κ3) is 5.13. The zero-order chi connectivity index (χ0) is 24.9. The van der Waals surface area contributed by atoms with Gasteiger partial charge in [0.05, 0.1) is 0 Å². The maximum absolute atomic E-state index is 13.5. The largest absolute Gasteiger partial charge is 0.485 e. The van der Waals surface area contributed by atoms with Crippen molar-refractivity contribution in [3.63, 3.8) is 0 Å². The highest BCUT2D eigenvalue weighted by molar-refractivity contribution is 8.00. The molecule has 7 nitrogen and oxygen atoms in total. The lowest BCUT2D eigenvalue weighted by molar-refractivity contribution is -0.115. The molecule has 182 valence electrons. The molecule has 2 heterocycles. The monoisotopic (exact) mass is 498 g/mol. The maximum Gasteiger partial charge on any atom is 0.242 e. The van der Waals surface area contributed by atoms with Crippen LogP contribution < -0.4 is 14.8 Å². The van der Waals surface area contributed by atoms with Gasteiger partial charge in [-0.1, -0.05) is 78.0 Å². The number of amides is 1. The number of hydrogen-bond donors (Lipinski definition) is 1. The number of fused-ring (bicyclic) bond motifs is 1. The number of rotatable bonds is 8. The maximum atomic E-state index is 13.5. The summed E-state index contributed by atoms with van der Waals surface area (Å²) >= 11 is 1.34. The lowest BCUT2D eigenvalue weighted by Gasteiger charge is -2.26. The molecule has 1 amide bonds. The van der Waals surface area contributed by atoms with Crippen molar-refractivity contribution in [2.24, 2.45) is 0 Å². The summed E-state index contributed by atoms with van der Waals surface area (Å²) in [6.07, 6.45) is 1.34. The molecule has 0 aliphatic carbocycles. The second kappa shape index (κ2) is 10.7. The van der Waals surface area contributed by atoms with Gasteiger partial charge in [0.1, 0.15) is 11.9 Å². The second-order valence-corrected chi connectivity index (χ2v) is 9.44. The van der Waals surface area contributed by atoms with E-state index in [4.69, 9.17) is 9.47 Å². The summed E-state index contributed by atoms with van der Waals surface area (Å²) in [5, 5.41) is 12.0. The van der Waals surface area contributed by atoms with Gasteiger partial charge in [-0.3, -0.25) is 9.36 Å². The standard InChI is InChI=1S/C28H26N4O3S/c1-3-17-32-26(24-18-34-22-11-7-8-12-23(22)35-24)30-31-28(32)36-25(20-9-5-4-6-10-20)27(33)29-21-15-13-19(2)14-16-21/h3-16,24-25H,1,17-18H2,2H3,(H,29,33). The third-order valence-electron chi connectivity index (χ3n) is 5.74. The van der Waals surface area contributed by atoms with Gasteiger partial charge in [-0.15, -0.1) is 16.8 Å². The van der Waals surface area contributed by atoms with Crippen molar-refractivity contribution in [2.75, 3.05) is 11.9 Å². The number of nitrogens with one attached hydrogen (secondary N) is 1. The number of ether oxygens (including phenoxy) is 2. The van der Waals surface area contributed by atoms with Crippen molar-refractivity contribution < 1.29 is 14.3 Å². The molecule has 36 heavy (non-hydrogen) atoms. The number of aromatic nitrogens is 3. The number of nitrogens with zero attached hydrogens (tertiary/aromatic N) is 3. The fourth-order valence-corrected chi connectivity index (χ4v) is 4.98. The van der Waals surface area contributed by atoms with E-state index in [1.807, 2.05) is 90.4 Å². The molecule has 0 bridgehead atoms. The van der Waals surface area contributed by atoms with Crippen LogP contribution in [0.3, 0.4) is 0 Å². The Kier molecular flexibility index (Phi) is 7.04. The Morgan fingerprint density at radius 1 is 1.08 bits per heavy atom. The number of allylic oxidation sites excluding steroid dienone is 1. The van der Waals surface area contributed by atoms with E-state index in [1.54, 1.807) is 6.08 Å². The quantitative estimate of drug-likeness (QED) is 0.246. The number of carbonyl (C=O) groups is 1. The van der Waals surface area contributed by atoms with E-state index in [0.29, 0.717) is 35.6 Å². The van der Waals surface area contributed by atoms with Crippen LogP contribution in [0.4, 0.5) is 5.69 Å². The smallest absolute Gasteiger partial charge is 0.242 e. The van der Waals surface area contributed by atoms with Gasteiger partial charge in [-0.05, 0) is 36.8 Å². The van der Waals surface area contributed by atoms with Gasteiger partial charge < -0.3 is 14.8 Å². The van der Waals surface area contributed by atoms with Crippen LogP contribution >= 0.6 is 11.8 Å². The van der Waals surface area contributed by atoms with Crippen LogP contribution in [0.25, 0.3) is 0 Å². The highest BCUT2D eigenvalue weighted by atomic mass is 32.2. The number of benzene rings is 3. The first-order chi connectivity index (χ1) is 17.6. The van der Waals surface area contributed by atoms with Crippen molar-refractivity contribution in [1.82, 2.24) is 14.8 Å². The Balaban J connectivity index is 1.43. The lowest BCUT2D eigenvalue weighted by atomic mass is 10.1. The minimum absolute atomic E-state index is 0.143. The van der Waals surface area contributed by atoms with Crippen LogP contribution in [0.2, 0.25) is 0 Å². The van der Waals surface area contributed by atoms with Crippen LogP contribution in [0.5, 0.6) is 11.5 Å². The van der Waals surface area contributed by atoms with Gasteiger partial charge in [0.2, 0.25) is 5.91 Å². The van der Waals surface area contributed by atoms with Crippen LogP contribution in [0.1, 0.15) is 28.3 Å². The number of thioether (sulfide) groups is 1. The summed E-state index contributed by atoms with van der Waals surface area (Å²) in [6.45, 7) is 6.69. The van der Waals surface area contributed by atoms with Gasteiger partial charge in [-0.25, -0.2) is 0 Å². The summed E-state index contributed by atoms with van der Waals surface area (Å²) in [7, 11) is 0. The fourth-order valence-electron chi connectivity index (χ4n) is 3.92. The van der Waals surface area contributed by atoms with Crippen molar-refractivity contribution in [3.05, 3.63) is 108 Å². The number of para-hydroxylation sites is 2. The molecule has 0 saturated carbocycles. The number of hydrogen-bond acceptors (Lipinski definition) is 6. The second-order valence-electron chi connectivity index (χ2n) is 8.37. The van der Waals surface area contributed by atoms with Gasteiger partial charge in [-0.2, -0.15) is 0 Å². The molecule has 1 aromatic heterocycles. The molecule has 5 rings (SSSR count). The molecule has 1 N–H and O–H groups in total. The fraction of sp³-hybridized carbons (Fsp3) is 0.179. The Hall–Kier alpha value is -4.04. The van der Waals surface area contributed by atoms with E-state index in [0.717, 1.165) is 16.8 Å². The lowest BCUT2D eigenvalue weighted by Crippen LogP contribution is -2.25. The molecular formula is C28H26N4O3S. The molecule has 0 radical (unpaired) electrons. The van der Waals surface area contributed by atoms with Gasteiger partial charge >= 0.3 is 0 Å². The minimum atomic E-state index is -0.544. The summed E-state index contributed by atoms with van der Waals surface area (Å²) < 4.78 is 14.0. The van der Waals surface area contributed by atoms with Gasteiger partial charge in [0.25, 0.3) is 0 Å². The Morgan fingerprint density at radius 2 is 1.81 bits per heavy atom. The average Bonchev–Trinajstić information content (AvgIpc) is 3.31. The van der Waals surface area contributed by atoms with Crippen LogP contribution in [0.15, 0.2) is 96.7 Å².